The molecule has 1 atom stereocenters. The number of fused-ring (bicyclic) bond motifs is 2. The van der Waals surface area contributed by atoms with E-state index in [4.69, 9.17) is 10.6 Å². The maximum absolute atomic E-state index is 12.8. The molecule has 1 aromatic heterocycles. The Bertz CT molecular complexity index is 823. The van der Waals surface area contributed by atoms with E-state index >= 15 is 0 Å². The molecule has 2 aromatic rings. The van der Waals surface area contributed by atoms with Crippen LogP contribution < -0.4 is 11.3 Å². The lowest BCUT2D eigenvalue weighted by atomic mass is 9.84. The van der Waals surface area contributed by atoms with Crippen LogP contribution in [0.3, 0.4) is 0 Å². The molecule has 0 bridgehead atoms. The number of aromatic nitrogens is 1. The number of H-pyrrole nitrogens is 1. The van der Waals surface area contributed by atoms with Gasteiger partial charge < -0.3 is 15.6 Å². The predicted molar refractivity (Wildman–Crippen MR) is 83.9 cm³/mol. The second-order valence-electron chi connectivity index (χ2n) is 5.21. The van der Waals surface area contributed by atoms with Gasteiger partial charge in [0.15, 0.2) is 5.43 Å². The average Bonchev–Trinajstić information content (AvgIpc) is 2.54. The Balaban J connectivity index is 2.28. The number of carbonyl (C=O) groups is 1. The number of rotatable bonds is 2. The summed E-state index contributed by atoms with van der Waals surface area (Å²) in [6.07, 6.45) is 1.00. The fourth-order valence-corrected chi connectivity index (χ4v) is 2.96. The van der Waals surface area contributed by atoms with Crippen molar-refractivity contribution >= 4 is 22.6 Å². The Labute approximate surface area is 127 Å². The lowest BCUT2D eigenvalue weighted by Gasteiger charge is -2.24. The Morgan fingerprint density at radius 2 is 2.23 bits per heavy atom. The molecule has 1 heterocycles. The number of nitrogens with two attached hydrogens (primary N) is 1. The van der Waals surface area contributed by atoms with E-state index in [1.165, 1.54) is 0 Å². The molecule has 0 saturated heterocycles. The number of benzene rings is 1. The van der Waals surface area contributed by atoms with Crippen molar-refractivity contribution in [2.45, 2.75) is 25.7 Å². The Morgan fingerprint density at radius 3 is 2.95 bits per heavy atom. The molecule has 3 rings (SSSR count). The first kappa shape index (κ1) is 14.3. The number of hydrazone groups is 1. The van der Waals surface area contributed by atoms with Crippen molar-refractivity contribution in [2.24, 2.45) is 10.9 Å². The normalized spacial score (nSPS) is 19.1. The Hall–Kier alpha value is -2.63. The second kappa shape index (κ2) is 5.63. The lowest BCUT2D eigenvalue weighted by Crippen LogP contribution is -2.31. The summed E-state index contributed by atoms with van der Waals surface area (Å²) in [6.45, 7) is 2.07. The maximum atomic E-state index is 12.8. The zero-order valence-corrected chi connectivity index (χ0v) is 12.3. The number of hydrogen-bond donors (Lipinski definition) is 2. The van der Waals surface area contributed by atoms with Gasteiger partial charge in [0, 0.05) is 16.6 Å². The molecular weight excluding hydrogens is 282 g/mol. The van der Waals surface area contributed by atoms with Crippen molar-refractivity contribution in [1.82, 2.24) is 4.98 Å². The standard InChI is InChI=1S/C16H17N3O3/c1-2-22-16(21)10-7-8-12(19-17)13-14(10)18-11-6-4-3-5-9(11)15(13)20/h3-6,10H,2,7-8,17H2,1H3,(H,18,20)/b19-12+. The summed E-state index contributed by atoms with van der Waals surface area (Å²) >= 11 is 0. The monoisotopic (exact) mass is 299 g/mol. The smallest absolute Gasteiger partial charge is 0.314 e. The molecule has 0 amide bonds. The van der Waals surface area contributed by atoms with Gasteiger partial charge in [0.05, 0.1) is 23.8 Å². The number of nitrogens with one attached hydrogen (secondary N) is 1. The fraction of sp³-hybridized carbons (Fsp3) is 0.312. The van der Waals surface area contributed by atoms with E-state index in [2.05, 4.69) is 10.1 Å². The highest BCUT2D eigenvalue weighted by molar-refractivity contribution is 6.06. The van der Waals surface area contributed by atoms with Gasteiger partial charge in [-0.3, -0.25) is 9.59 Å². The van der Waals surface area contributed by atoms with Crippen molar-refractivity contribution in [3.8, 4) is 0 Å². The maximum Gasteiger partial charge on any atom is 0.314 e. The van der Waals surface area contributed by atoms with Crippen molar-refractivity contribution < 1.29 is 9.53 Å². The molecule has 22 heavy (non-hydrogen) atoms. The quantitative estimate of drug-likeness (QED) is 0.500. The molecule has 0 fully saturated rings. The molecule has 114 valence electrons. The number of para-hydroxylation sites is 1. The van der Waals surface area contributed by atoms with Crippen molar-refractivity contribution in [3.63, 3.8) is 0 Å². The number of esters is 1. The molecule has 1 aliphatic carbocycles. The molecule has 6 nitrogen and oxygen atoms in total. The van der Waals surface area contributed by atoms with Crippen LogP contribution in [-0.2, 0) is 9.53 Å². The van der Waals surface area contributed by atoms with E-state index < -0.39 is 5.92 Å². The van der Waals surface area contributed by atoms with Gasteiger partial charge in [-0.05, 0) is 31.9 Å². The SMILES string of the molecule is CCOC(=O)C1CC/C(=N\N)c2c1[nH]c1ccccc1c2=O. The summed E-state index contributed by atoms with van der Waals surface area (Å²) in [5, 5.41) is 4.30. The number of ether oxygens (including phenoxy) is 1. The van der Waals surface area contributed by atoms with Crippen molar-refractivity contribution in [3.05, 3.63) is 45.7 Å². The fourth-order valence-electron chi connectivity index (χ4n) is 2.96. The van der Waals surface area contributed by atoms with Crippen LogP contribution in [0.4, 0.5) is 0 Å². The topological polar surface area (TPSA) is 97.5 Å². The lowest BCUT2D eigenvalue weighted by molar-refractivity contribution is -0.145. The van der Waals surface area contributed by atoms with E-state index in [1.54, 1.807) is 19.1 Å². The molecule has 1 aliphatic rings. The van der Waals surface area contributed by atoms with Crippen molar-refractivity contribution in [2.75, 3.05) is 6.61 Å². The van der Waals surface area contributed by atoms with Gasteiger partial charge in [0.25, 0.3) is 0 Å². The van der Waals surface area contributed by atoms with E-state index in [9.17, 15) is 9.59 Å². The zero-order valence-electron chi connectivity index (χ0n) is 12.3. The van der Waals surface area contributed by atoms with Gasteiger partial charge >= 0.3 is 5.97 Å². The number of carbonyl (C=O) groups excluding carboxylic acids is 1. The van der Waals surface area contributed by atoms with Crippen LogP contribution in [0.1, 0.15) is 36.9 Å². The molecule has 0 radical (unpaired) electrons. The molecule has 0 spiro atoms. The number of hydrogen-bond acceptors (Lipinski definition) is 5. The van der Waals surface area contributed by atoms with Gasteiger partial charge in [0.2, 0.25) is 0 Å². The summed E-state index contributed by atoms with van der Waals surface area (Å²) in [4.78, 5) is 28.2. The third-order valence-corrected chi connectivity index (χ3v) is 3.97. The van der Waals surface area contributed by atoms with Crippen LogP contribution in [0, 0.1) is 0 Å². The summed E-state index contributed by atoms with van der Waals surface area (Å²) < 4.78 is 5.13. The van der Waals surface area contributed by atoms with Crippen LogP contribution in [0.25, 0.3) is 10.9 Å². The van der Waals surface area contributed by atoms with E-state index in [-0.39, 0.29) is 11.4 Å². The molecule has 0 aliphatic heterocycles. The van der Waals surface area contributed by atoms with E-state index in [1.807, 2.05) is 12.1 Å². The van der Waals surface area contributed by atoms with E-state index in [0.29, 0.717) is 47.3 Å². The minimum Gasteiger partial charge on any atom is -0.465 e. The van der Waals surface area contributed by atoms with Gasteiger partial charge in [-0.15, -0.1) is 0 Å². The van der Waals surface area contributed by atoms with Crippen LogP contribution in [-0.4, -0.2) is 23.3 Å². The first-order chi connectivity index (χ1) is 10.7. The molecule has 0 saturated carbocycles. The number of aromatic amines is 1. The molecule has 6 heteroatoms. The zero-order chi connectivity index (χ0) is 15.7. The van der Waals surface area contributed by atoms with Crippen LogP contribution in [0.2, 0.25) is 0 Å². The minimum atomic E-state index is -0.488. The van der Waals surface area contributed by atoms with Gasteiger partial charge in [0.1, 0.15) is 0 Å². The van der Waals surface area contributed by atoms with Crippen LogP contribution in [0.15, 0.2) is 34.2 Å². The number of nitrogens with zero attached hydrogens (tertiary/aromatic N) is 1. The predicted octanol–water partition coefficient (Wildman–Crippen LogP) is 1.63. The third kappa shape index (κ3) is 2.16. The highest BCUT2D eigenvalue weighted by atomic mass is 16.5. The van der Waals surface area contributed by atoms with Crippen LogP contribution in [0.5, 0.6) is 0 Å². The van der Waals surface area contributed by atoms with Gasteiger partial charge in [-0.2, -0.15) is 5.10 Å². The molecule has 1 aromatic carbocycles. The summed E-state index contributed by atoms with van der Waals surface area (Å²) in [5.41, 5.74) is 2.03. The summed E-state index contributed by atoms with van der Waals surface area (Å²) in [7, 11) is 0. The second-order valence-corrected chi connectivity index (χ2v) is 5.21. The summed E-state index contributed by atoms with van der Waals surface area (Å²) in [5.74, 6) is 4.61. The Kier molecular flexibility index (Phi) is 3.66. The largest absolute Gasteiger partial charge is 0.465 e. The van der Waals surface area contributed by atoms with Gasteiger partial charge in [-0.25, -0.2) is 0 Å². The first-order valence-corrected chi connectivity index (χ1v) is 7.26. The summed E-state index contributed by atoms with van der Waals surface area (Å²) in [6, 6.07) is 7.20. The molecule has 1 unspecified atom stereocenters. The van der Waals surface area contributed by atoms with Crippen molar-refractivity contribution in [1.29, 1.82) is 0 Å². The average molecular weight is 299 g/mol. The molecule has 3 N–H and O–H groups in total. The van der Waals surface area contributed by atoms with E-state index in [0.717, 1.165) is 0 Å². The minimum absolute atomic E-state index is 0.150. The number of pyridine rings is 1. The highest BCUT2D eigenvalue weighted by Gasteiger charge is 2.33. The Morgan fingerprint density at radius 1 is 1.45 bits per heavy atom. The third-order valence-electron chi connectivity index (χ3n) is 3.97. The molecular formula is C16H17N3O3. The highest BCUT2D eigenvalue weighted by Crippen LogP contribution is 2.31. The first-order valence-electron chi connectivity index (χ1n) is 7.26. The van der Waals surface area contributed by atoms with Gasteiger partial charge in [-0.1, -0.05) is 12.1 Å². The van der Waals surface area contributed by atoms with Crippen LogP contribution >= 0.6 is 0 Å².